The SMILES string of the molecule is Cc1ccc(CN2CCC[C@@H]2c2cccc(Nc3ncc(C#N)s3)n2)cn1. The molecular formula is C20H20N6S. The first-order chi connectivity index (χ1) is 13.2. The summed E-state index contributed by atoms with van der Waals surface area (Å²) in [5.41, 5.74) is 3.34. The van der Waals surface area contributed by atoms with Gasteiger partial charge < -0.3 is 5.32 Å². The van der Waals surface area contributed by atoms with Crippen LogP contribution in [-0.4, -0.2) is 26.4 Å². The Morgan fingerprint density at radius 2 is 2.19 bits per heavy atom. The normalized spacial score (nSPS) is 17.0. The van der Waals surface area contributed by atoms with Crippen molar-refractivity contribution in [2.45, 2.75) is 32.4 Å². The summed E-state index contributed by atoms with van der Waals surface area (Å²) in [5, 5.41) is 12.8. The van der Waals surface area contributed by atoms with Crippen LogP contribution < -0.4 is 5.32 Å². The Labute approximate surface area is 162 Å². The Bertz CT molecular complexity index is 959. The molecule has 4 rings (SSSR count). The van der Waals surface area contributed by atoms with Crippen LogP contribution >= 0.6 is 11.3 Å². The highest BCUT2D eigenvalue weighted by Crippen LogP contribution is 2.33. The molecule has 3 aromatic rings. The molecule has 1 aliphatic heterocycles. The molecule has 1 atom stereocenters. The summed E-state index contributed by atoms with van der Waals surface area (Å²) in [6, 6.07) is 12.7. The van der Waals surface area contributed by atoms with Crippen LogP contribution in [0.2, 0.25) is 0 Å². The Morgan fingerprint density at radius 1 is 1.26 bits per heavy atom. The number of pyridine rings is 2. The number of nitrogens with one attached hydrogen (secondary N) is 1. The average molecular weight is 376 g/mol. The van der Waals surface area contributed by atoms with Crippen LogP contribution in [0.1, 0.15) is 40.7 Å². The second-order valence-electron chi connectivity index (χ2n) is 6.65. The summed E-state index contributed by atoms with van der Waals surface area (Å²) in [7, 11) is 0. The van der Waals surface area contributed by atoms with E-state index in [1.54, 1.807) is 6.20 Å². The van der Waals surface area contributed by atoms with Gasteiger partial charge in [-0.05, 0) is 50.1 Å². The fourth-order valence-electron chi connectivity index (χ4n) is 3.38. The van der Waals surface area contributed by atoms with E-state index in [0.717, 1.165) is 36.7 Å². The van der Waals surface area contributed by atoms with E-state index < -0.39 is 0 Å². The molecule has 0 saturated carbocycles. The zero-order chi connectivity index (χ0) is 18.6. The van der Waals surface area contributed by atoms with Crippen LogP contribution in [0.4, 0.5) is 10.9 Å². The van der Waals surface area contributed by atoms with Gasteiger partial charge in [-0.15, -0.1) is 0 Å². The zero-order valence-corrected chi connectivity index (χ0v) is 15.9. The van der Waals surface area contributed by atoms with Gasteiger partial charge in [0.25, 0.3) is 0 Å². The fraction of sp³-hybridized carbons (Fsp3) is 0.300. The van der Waals surface area contributed by atoms with Crippen LogP contribution in [-0.2, 0) is 6.54 Å². The van der Waals surface area contributed by atoms with Crippen LogP contribution in [0.5, 0.6) is 0 Å². The molecule has 1 N–H and O–H groups in total. The molecule has 0 unspecified atom stereocenters. The highest BCUT2D eigenvalue weighted by molar-refractivity contribution is 7.16. The number of hydrogen-bond acceptors (Lipinski definition) is 7. The maximum atomic E-state index is 8.94. The number of rotatable bonds is 5. The number of aromatic nitrogens is 3. The van der Waals surface area contributed by atoms with E-state index in [2.05, 4.69) is 44.5 Å². The molecule has 0 amide bonds. The van der Waals surface area contributed by atoms with Gasteiger partial charge in [-0.3, -0.25) is 9.88 Å². The van der Waals surface area contributed by atoms with Crippen LogP contribution in [0.25, 0.3) is 0 Å². The summed E-state index contributed by atoms with van der Waals surface area (Å²) < 4.78 is 0. The van der Waals surface area contributed by atoms with Gasteiger partial charge in [0.2, 0.25) is 0 Å². The van der Waals surface area contributed by atoms with Gasteiger partial charge in [0.15, 0.2) is 5.13 Å². The third-order valence-corrected chi connectivity index (χ3v) is 5.50. The van der Waals surface area contributed by atoms with E-state index in [-0.39, 0.29) is 0 Å². The van der Waals surface area contributed by atoms with E-state index >= 15 is 0 Å². The van der Waals surface area contributed by atoms with Gasteiger partial charge >= 0.3 is 0 Å². The number of nitriles is 1. The highest BCUT2D eigenvalue weighted by Gasteiger charge is 2.27. The Morgan fingerprint density at radius 3 is 2.96 bits per heavy atom. The number of aryl methyl sites for hydroxylation is 1. The molecule has 6 nitrogen and oxygen atoms in total. The van der Waals surface area contributed by atoms with E-state index in [9.17, 15) is 0 Å². The third kappa shape index (κ3) is 4.13. The van der Waals surface area contributed by atoms with Crippen molar-refractivity contribution >= 4 is 22.3 Å². The molecule has 4 heterocycles. The Hall–Kier alpha value is -2.82. The zero-order valence-electron chi connectivity index (χ0n) is 15.1. The van der Waals surface area contributed by atoms with Crippen LogP contribution in [0.3, 0.4) is 0 Å². The molecule has 0 bridgehead atoms. The lowest BCUT2D eigenvalue weighted by molar-refractivity contribution is 0.244. The van der Waals surface area contributed by atoms with Gasteiger partial charge in [-0.2, -0.15) is 5.26 Å². The summed E-state index contributed by atoms with van der Waals surface area (Å²) >= 11 is 1.33. The first-order valence-corrected chi connectivity index (χ1v) is 9.78. The van der Waals surface area contributed by atoms with Crippen molar-refractivity contribution in [3.63, 3.8) is 0 Å². The van der Waals surface area contributed by atoms with E-state index in [1.807, 2.05) is 25.3 Å². The lowest BCUT2D eigenvalue weighted by Gasteiger charge is -2.24. The quantitative estimate of drug-likeness (QED) is 0.719. The molecule has 0 radical (unpaired) electrons. The van der Waals surface area contributed by atoms with E-state index in [0.29, 0.717) is 16.1 Å². The lowest BCUT2D eigenvalue weighted by atomic mass is 10.1. The predicted molar refractivity (Wildman–Crippen MR) is 106 cm³/mol. The summed E-state index contributed by atoms with van der Waals surface area (Å²) in [5.74, 6) is 0.759. The Kier molecular flexibility index (Phi) is 5.10. The molecule has 3 aromatic heterocycles. The van der Waals surface area contributed by atoms with Gasteiger partial charge in [0, 0.05) is 18.4 Å². The average Bonchev–Trinajstić information content (AvgIpc) is 3.33. The fourth-order valence-corrected chi connectivity index (χ4v) is 4.00. The maximum Gasteiger partial charge on any atom is 0.189 e. The third-order valence-electron chi connectivity index (χ3n) is 4.68. The Balaban J connectivity index is 1.49. The van der Waals surface area contributed by atoms with Crippen LogP contribution in [0, 0.1) is 18.3 Å². The van der Waals surface area contributed by atoms with Gasteiger partial charge in [-0.25, -0.2) is 9.97 Å². The molecule has 0 spiro atoms. The standard InChI is InChI=1S/C20H20N6S/c1-14-7-8-15(11-22-14)13-26-9-3-5-18(26)17-4-2-6-19(24-17)25-20-23-12-16(10-21)27-20/h2,4,6-8,11-12,18H,3,5,9,13H2,1H3,(H,23,24,25)/t18-/m1/s1. The van der Waals surface area contributed by atoms with Gasteiger partial charge in [-0.1, -0.05) is 23.5 Å². The topological polar surface area (TPSA) is 77.7 Å². The molecular weight excluding hydrogens is 356 g/mol. The second kappa shape index (κ2) is 7.82. The second-order valence-corrected chi connectivity index (χ2v) is 7.68. The van der Waals surface area contributed by atoms with Crippen molar-refractivity contribution in [2.24, 2.45) is 0 Å². The molecule has 136 valence electrons. The number of nitrogens with zero attached hydrogens (tertiary/aromatic N) is 5. The summed E-state index contributed by atoms with van der Waals surface area (Å²) in [6.45, 7) is 3.96. The minimum atomic E-state index is 0.305. The van der Waals surface area contributed by atoms with Crippen molar-refractivity contribution in [3.8, 4) is 6.07 Å². The van der Waals surface area contributed by atoms with Gasteiger partial charge in [0.1, 0.15) is 16.8 Å². The molecule has 7 heteroatoms. The minimum absolute atomic E-state index is 0.305. The monoisotopic (exact) mass is 376 g/mol. The molecule has 0 aromatic carbocycles. The molecule has 27 heavy (non-hydrogen) atoms. The van der Waals surface area contributed by atoms with Crippen molar-refractivity contribution in [1.82, 2.24) is 19.9 Å². The van der Waals surface area contributed by atoms with Crippen molar-refractivity contribution in [2.75, 3.05) is 11.9 Å². The van der Waals surface area contributed by atoms with E-state index in [4.69, 9.17) is 10.2 Å². The first-order valence-electron chi connectivity index (χ1n) is 8.97. The number of hydrogen-bond donors (Lipinski definition) is 1. The van der Waals surface area contributed by atoms with Crippen LogP contribution in [0.15, 0.2) is 42.7 Å². The first kappa shape index (κ1) is 17.6. The van der Waals surface area contributed by atoms with Crippen molar-refractivity contribution < 1.29 is 0 Å². The highest BCUT2D eigenvalue weighted by atomic mass is 32.1. The molecule has 0 aliphatic carbocycles. The molecule has 1 aliphatic rings. The number of likely N-dealkylation sites (tertiary alicyclic amines) is 1. The largest absolute Gasteiger partial charge is 0.316 e. The van der Waals surface area contributed by atoms with Crippen molar-refractivity contribution in [3.05, 3.63) is 64.6 Å². The van der Waals surface area contributed by atoms with E-state index in [1.165, 1.54) is 23.3 Å². The minimum Gasteiger partial charge on any atom is -0.316 e. The lowest BCUT2D eigenvalue weighted by Crippen LogP contribution is -2.23. The summed E-state index contributed by atoms with van der Waals surface area (Å²) in [4.78, 5) is 16.5. The maximum absolute atomic E-state index is 8.94. The number of anilines is 2. The molecule has 1 fully saturated rings. The number of thiazole rings is 1. The molecule has 1 saturated heterocycles. The van der Waals surface area contributed by atoms with Crippen molar-refractivity contribution in [1.29, 1.82) is 5.26 Å². The van der Waals surface area contributed by atoms with Gasteiger partial charge in [0.05, 0.1) is 17.9 Å². The predicted octanol–water partition coefficient (Wildman–Crippen LogP) is 4.19. The smallest absolute Gasteiger partial charge is 0.189 e. The summed E-state index contributed by atoms with van der Waals surface area (Å²) in [6.07, 6.45) is 5.81.